The van der Waals surface area contributed by atoms with Crippen molar-refractivity contribution in [3.63, 3.8) is 0 Å². The van der Waals surface area contributed by atoms with Crippen LogP contribution in [0.4, 0.5) is 0 Å². The summed E-state index contributed by atoms with van der Waals surface area (Å²) >= 11 is 0. The number of benzene rings is 1. The summed E-state index contributed by atoms with van der Waals surface area (Å²) in [6.45, 7) is 3.41. The van der Waals surface area contributed by atoms with Crippen LogP contribution in [-0.2, 0) is 0 Å². The molecule has 2 bridgehead atoms. The number of para-hydroxylation sites is 1. The zero-order valence-corrected chi connectivity index (χ0v) is 12.1. The molecular weight excluding hydrogens is 234 g/mol. The van der Waals surface area contributed by atoms with Crippen LogP contribution >= 0.6 is 0 Å². The molecule has 4 unspecified atom stereocenters. The summed E-state index contributed by atoms with van der Waals surface area (Å²) < 4.78 is 5.45. The lowest BCUT2D eigenvalue weighted by Crippen LogP contribution is -2.28. The molecule has 0 aliphatic heterocycles. The van der Waals surface area contributed by atoms with Crippen molar-refractivity contribution in [3.8, 4) is 5.75 Å². The maximum atomic E-state index is 5.45. The first kappa shape index (κ1) is 13.0. The highest BCUT2D eigenvalue weighted by molar-refractivity contribution is 5.35. The van der Waals surface area contributed by atoms with Gasteiger partial charge in [0, 0.05) is 11.6 Å². The van der Waals surface area contributed by atoms with Crippen molar-refractivity contribution in [2.24, 2.45) is 17.8 Å². The third-order valence-corrected chi connectivity index (χ3v) is 5.18. The first-order valence-corrected chi connectivity index (χ1v) is 7.64. The van der Waals surface area contributed by atoms with E-state index in [1.165, 1.54) is 37.8 Å². The average molecular weight is 259 g/mol. The summed E-state index contributed by atoms with van der Waals surface area (Å²) in [5, 5.41) is 3.72. The smallest absolute Gasteiger partial charge is 0.123 e. The van der Waals surface area contributed by atoms with Gasteiger partial charge in [0.15, 0.2) is 0 Å². The molecule has 0 aromatic heterocycles. The van der Waals surface area contributed by atoms with Crippen LogP contribution in [0.1, 0.15) is 44.2 Å². The Morgan fingerprint density at radius 2 is 2.11 bits per heavy atom. The van der Waals surface area contributed by atoms with Crippen LogP contribution < -0.4 is 10.1 Å². The molecule has 4 atom stereocenters. The van der Waals surface area contributed by atoms with Crippen LogP contribution in [0.15, 0.2) is 24.3 Å². The molecule has 2 nitrogen and oxygen atoms in total. The van der Waals surface area contributed by atoms with E-state index in [0.29, 0.717) is 6.04 Å². The van der Waals surface area contributed by atoms with E-state index in [4.69, 9.17) is 4.74 Å². The van der Waals surface area contributed by atoms with Crippen LogP contribution in [0, 0.1) is 17.8 Å². The van der Waals surface area contributed by atoms with Crippen molar-refractivity contribution in [2.45, 2.75) is 38.6 Å². The first-order valence-electron chi connectivity index (χ1n) is 7.64. The molecule has 2 heteroatoms. The molecule has 104 valence electrons. The fourth-order valence-corrected chi connectivity index (χ4v) is 4.09. The van der Waals surface area contributed by atoms with Crippen LogP contribution in [0.3, 0.4) is 0 Å². The zero-order chi connectivity index (χ0) is 13.2. The SMILES string of the molecule is COc1ccccc1C(C)NCC1CC2CCC1C2. The Morgan fingerprint density at radius 1 is 1.26 bits per heavy atom. The molecule has 2 aliphatic carbocycles. The summed E-state index contributed by atoms with van der Waals surface area (Å²) in [5.41, 5.74) is 1.27. The molecule has 0 heterocycles. The number of hydrogen-bond acceptors (Lipinski definition) is 2. The van der Waals surface area contributed by atoms with E-state index >= 15 is 0 Å². The maximum absolute atomic E-state index is 5.45. The number of hydrogen-bond donors (Lipinski definition) is 1. The standard InChI is InChI=1S/C17H25NO/c1-12(16-5-3-4-6-17(16)19-2)18-11-15-10-13-7-8-14(15)9-13/h3-6,12-15,18H,7-11H2,1-2H3. The largest absolute Gasteiger partial charge is 0.496 e. The highest BCUT2D eigenvalue weighted by Gasteiger charge is 2.39. The Morgan fingerprint density at radius 3 is 2.79 bits per heavy atom. The monoisotopic (exact) mass is 259 g/mol. The van der Waals surface area contributed by atoms with Crippen LogP contribution in [0.2, 0.25) is 0 Å². The lowest BCUT2D eigenvalue weighted by Gasteiger charge is -2.25. The van der Waals surface area contributed by atoms with Gasteiger partial charge in [-0.05, 0) is 56.6 Å². The van der Waals surface area contributed by atoms with E-state index in [9.17, 15) is 0 Å². The number of fused-ring (bicyclic) bond motifs is 2. The Labute approximate surface area is 116 Å². The van der Waals surface area contributed by atoms with Crippen molar-refractivity contribution in [3.05, 3.63) is 29.8 Å². The number of ether oxygens (including phenoxy) is 1. The summed E-state index contributed by atoms with van der Waals surface area (Å²) in [7, 11) is 1.75. The van der Waals surface area contributed by atoms with Crippen molar-refractivity contribution >= 4 is 0 Å². The molecule has 1 aromatic carbocycles. The molecule has 1 aromatic rings. The Hall–Kier alpha value is -1.02. The molecule has 0 amide bonds. The van der Waals surface area contributed by atoms with Crippen molar-refractivity contribution in [1.82, 2.24) is 5.32 Å². The number of methoxy groups -OCH3 is 1. The van der Waals surface area contributed by atoms with Gasteiger partial charge >= 0.3 is 0 Å². The second kappa shape index (κ2) is 5.54. The Balaban J connectivity index is 1.57. The van der Waals surface area contributed by atoms with Gasteiger partial charge in [-0.2, -0.15) is 0 Å². The molecule has 1 N–H and O–H groups in total. The lowest BCUT2D eigenvalue weighted by atomic mass is 9.88. The van der Waals surface area contributed by atoms with E-state index in [-0.39, 0.29) is 0 Å². The summed E-state index contributed by atoms with van der Waals surface area (Å²) in [5.74, 6) is 3.95. The van der Waals surface area contributed by atoms with Gasteiger partial charge in [-0.3, -0.25) is 0 Å². The maximum Gasteiger partial charge on any atom is 0.123 e. The average Bonchev–Trinajstić information content (AvgIpc) is 3.07. The molecule has 0 saturated heterocycles. The fraction of sp³-hybridized carbons (Fsp3) is 0.647. The van der Waals surface area contributed by atoms with Crippen molar-refractivity contribution < 1.29 is 4.74 Å². The minimum Gasteiger partial charge on any atom is -0.496 e. The molecule has 0 spiro atoms. The summed E-state index contributed by atoms with van der Waals surface area (Å²) in [6.07, 6.45) is 5.91. The Kier molecular flexibility index (Phi) is 3.79. The van der Waals surface area contributed by atoms with Gasteiger partial charge in [-0.1, -0.05) is 24.6 Å². The minimum atomic E-state index is 0.371. The van der Waals surface area contributed by atoms with E-state index in [1.807, 2.05) is 12.1 Å². The van der Waals surface area contributed by atoms with Gasteiger partial charge in [0.25, 0.3) is 0 Å². The van der Waals surface area contributed by atoms with Gasteiger partial charge in [0.05, 0.1) is 7.11 Å². The molecule has 2 aliphatic rings. The van der Waals surface area contributed by atoms with E-state index < -0.39 is 0 Å². The van der Waals surface area contributed by atoms with Gasteiger partial charge in [0.2, 0.25) is 0 Å². The Bertz CT molecular complexity index is 431. The van der Waals surface area contributed by atoms with Gasteiger partial charge < -0.3 is 10.1 Å². The van der Waals surface area contributed by atoms with Crippen LogP contribution in [0.5, 0.6) is 5.75 Å². The van der Waals surface area contributed by atoms with E-state index in [0.717, 1.165) is 23.5 Å². The molecule has 19 heavy (non-hydrogen) atoms. The zero-order valence-electron chi connectivity index (χ0n) is 12.1. The van der Waals surface area contributed by atoms with E-state index in [2.05, 4.69) is 24.4 Å². The molecule has 3 rings (SSSR count). The van der Waals surface area contributed by atoms with Crippen molar-refractivity contribution in [1.29, 1.82) is 0 Å². The normalized spacial score (nSPS) is 30.5. The first-order chi connectivity index (χ1) is 9.28. The topological polar surface area (TPSA) is 21.3 Å². The molecular formula is C17H25NO. The highest BCUT2D eigenvalue weighted by atomic mass is 16.5. The second-order valence-electron chi connectivity index (χ2n) is 6.31. The highest BCUT2D eigenvalue weighted by Crippen LogP contribution is 2.48. The quantitative estimate of drug-likeness (QED) is 0.869. The molecule has 0 radical (unpaired) electrons. The molecule has 2 fully saturated rings. The second-order valence-corrected chi connectivity index (χ2v) is 6.31. The van der Waals surface area contributed by atoms with Gasteiger partial charge in [-0.15, -0.1) is 0 Å². The predicted molar refractivity (Wildman–Crippen MR) is 78.3 cm³/mol. The number of nitrogens with one attached hydrogen (secondary N) is 1. The van der Waals surface area contributed by atoms with Crippen LogP contribution in [0.25, 0.3) is 0 Å². The molecule has 2 saturated carbocycles. The number of rotatable bonds is 5. The fourth-order valence-electron chi connectivity index (χ4n) is 4.09. The third kappa shape index (κ3) is 2.64. The van der Waals surface area contributed by atoms with Gasteiger partial charge in [0.1, 0.15) is 5.75 Å². The third-order valence-electron chi connectivity index (χ3n) is 5.18. The lowest BCUT2D eigenvalue weighted by molar-refractivity contribution is 0.307. The minimum absolute atomic E-state index is 0.371. The predicted octanol–water partition coefficient (Wildman–Crippen LogP) is 3.78. The summed E-state index contributed by atoms with van der Waals surface area (Å²) in [4.78, 5) is 0. The van der Waals surface area contributed by atoms with Crippen molar-refractivity contribution in [2.75, 3.05) is 13.7 Å². The van der Waals surface area contributed by atoms with E-state index in [1.54, 1.807) is 7.11 Å². The summed E-state index contributed by atoms with van der Waals surface area (Å²) in [6, 6.07) is 8.70. The van der Waals surface area contributed by atoms with Gasteiger partial charge in [-0.25, -0.2) is 0 Å². The van der Waals surface area contributed by atoms with Crippen LogP contribution in [-0.4, -0.2) is 13.7 Å².